The number of aromatic hydroxyl groups is 1. The van der Waals surface area contributed by atoms with E-state index in [0.29, 0.717) is 39.9 Å². The van der Waals surface area contributed by atoms with E-state index < -0.39 is 17.6 Å². The molecule has 0 aliphatic carbocycles. The van der Waals surface area contributed by atoms with Gasteiger partial charge in [-0.1, -0.05) is 0 Å². The molecular formula is C23H22O7. The van der Waals surface area contributed by atoms with Crippen LogP contribution in [0.4, 0.5) is 0 Å². The molecule has 0 spiro atoms. The van der Waals surface area contributed by atoms with Crippen LogP contribution in [-0.4, -0.2) is 43.4 Å². The third kappa shape index (κ3) is 2.61. The van der Waals surface area contributed by atoms with Gasteiger partial charge in [0.2, 0.25) is 0 Å². The number of Topliss-reactive ketones (excluding diaryl/α,β-unsaturated/α-hetero) is 1. The first-order valence-corrected chi connectivity index (χ1v) is 9.71. The zero-order valence-corrected chi connectivity index (χ0v) is 17.1. The smallest absolute Gasteiger partial charge is 0.181 e. The van der Waals surface area contributed by atoms with Crippen molar-refractivity contribution in [3.63, 3.8) is 0 Å². The molecule has 7 nitrogen and oxygen atoms in total. The maximum atomic E-state index is 13.6. The minimum Gasteiger partial charge on any atom is -0.507 e. The van der Waals surface area contributed by atoms with E-state index in [1.54, 1.807) is 19.2 Å². The Bertz CT molecular complexity index is 1100. The van der Waals surface area contributed by atoms with Crippen molar-refractivity contribution in [3.8, 4) is 34.5 Å². The van der Waals surface area contributed by atoms with Gasteiger partial charge in [-0.3, -0.25) is 4.79 Å². The summed E-state index contributed by atoms with van der Waals surface area (Å²) in [5, 5.41) is 10.7. The van der Waals surface area contributed by atoms with Gasteiger partial charge in [0.1, 0.15) is 46.9 Å². The minimum absolute atomic E-state index is 0.158. The van der Waals surface area contributed by atoms with Crippen LogP contribution in [0.1, 0.15) is 41.3 Å². The molecule has 5 rings (SSSR count). The van der Waals surface area contributed by atoms with Crippen LogP contribution in [0.3, 0.4) is 0 Å². The van der Waals surface area contributed by atoms with E-state index in [-0.39, 0.29) is 23.7 Å². The summed E-state index contributed by atoms with van der Waals surface area (Å²) < 4.78 is 28.8. The Kier molecular flexibility index (Phi) is 3.93. The van der Waals surface area contributed by atoms with Crippen molar-refractivity contribution in [1.29, 1.82) is 0 Å². The molecule has 2 aromatic rings. The number of fused-ring (bicyclic) bond motifs is 6. The molecule has 2 atom stereocenters. The third-order valence-electron chi connectivity index (χ3n) is 5.71. The second-order valence-corrected chi connectivity index (χ2v) is 8.10. The average Bonchev–Trinajstić information content (AvgIpc) is 2.71. The first kappa shape index (κ1) is 18.7. The van der Waals surface area contributed by atoms with Gasteiger partial charge in [0.05, 0.1) is 25.7 Å². The fourth-order valence-electron chi connectivity index (χ4n) is 4.27. The molecule has 3 aliphatic rings. The lowest BCUT2D eigenvalue weighted by molar-refractivity contribution is 0.0547. The maximum Gasteiger partial charge on any atom is 0.181 e. The molecule has 0 saturated carbocycles. The fourth-order valence-corrected chi connectivity index (χ4v) is 4.27. The molecule has 1 N–H and O–H groups in total. The average molecular weight is 410 g/mol. The summed E-state index contributed by atoms with van der Waals surface area (Å²) in [6.45, 7) is 4.02. The molecule has 156 valence electrons. The van der Waals surface area contributed by atoms with Gasteiger partial charge in [-0.25, -0.2) is 0 Å². The molecule has 3 aliphatic heterocycles. The Hall–Kier alpha value is -3.35. The maximum absolute atomic E-state index is 13.6. The Morgan fingerprint density at radius 2 is 1.83 bits per heavy atom. The fraction of sp³-hybridized carbons (Fsp3) is 0.348. The molecule has 2 aromatic carbocycles. The second kappa shape index (κ2) is 6.32. The Morgan fingerprint density at radius 3 is 2.57 bits per heavy atom. The lowest BCUT2D eigenvalue weighted by atomic mass is 9.80. The second-order valence-electron chi connectivity index (χ2n) is 8.10. The Labute approximate surface area is 173 Å². The molecule has 0 amide bonds. The molecular weight excluding hydrogens is 388 g/mol. The van der Waals surface area contributed by atoms with Crippen LogP contribution >= 0.6 is 0 Å². The van der Waals surface area contributed by atoms with Crippen molar-refractivity contribution in [2.75, 3.05) is 20.8 Å². The Balaban J connectivity index is 1.65. The van der Waals surface area contributed by atoms with E-state index in [1.165, 1.54) is 13.2 Å². The Morgan fingerprint density at radius 1 is 1.10 bits per heavy atom. The van der Waals surface area contributed by atoms with Crippen molar-refractivity contribution in [3.05, 3.63) is 41.0 Å². The molecule has 7 heteroatoms. The number of carbonyl (C=O) groups excluding carboxylic acids is 1. The van der Waals surface area contributed by atoms with Crippen molar-refractivity contribution >= 4 is 11.9 Å². The van der Waals surface area contributed by atoms with Gasteiger partial charge in [0.25, 0.3) is 0 Å². The number of rotatable bonds is 2. The number of carbonyl (C=O) groups is 1. The number of ether oxygens (including phenoxy) is 5. The summed E-state index contributed by atoms with van der Waals surface area (Å²) in [6.07, 6.45) is 3.23. The van der Waals surface area contributed by atoms with Crippen molar-refractivity contribution in [2.24, 2.45) is 0 Å². The summed E-state index contributed by atoms with van der Waals surface area (Å²) in [5.74, 6) is 1.34. The number of phenolic OH excluding ortho intramolecular Hbond substituents is 1. The normalized spacial score (nSPS) is 22.3. The summed E-state index contributed by atoms with van der Waals surface area (Å²) >= 11 is 0. The topological polar surface area (TPSA) is 83.5 Å². The predicted octanol–water partition coefficient (Wildman–Crippen LogP) is 3.71. The van der Waals surface area contributed by atoms with Crippen LogP contribution in [0.5, 0.6) is 34.5 Å². The first-order chi connectivity index (χ1) is 14.3. The van der Waals surface area contributed by atoms with Gasteiger partial charge in [-0.2, -0.15) is 0 Å². The van der Waals surface area contributed by atoms with Crippen LogP contribution in [0.15, 0.2) is 24.3 Å². The van der Waals surface area contributed by atoms with Crippen molar-refractivity contribution in [2.45, 2.75) is 31.5 Å². The number of hydrogen-bond donors (Lipinski definition) is 1. The molecule has 0 radical (unpaired) electrons. The number of benzene rings is 2. The van der Waals surface area contributed by atoms with Gasteiger partial charge < -0.3 is 28.8 Å². The lowest BCUT2D eigenvalue weighted by Gasteiger charge is -2.39. The lowest BCUT2D eigenvalue weighted by Crippen LogP contribution is -2.43. The summed E-state index contributed by atoms with van der Waals surface area (Å²) in [6, 6.07) is 4.92. The van der Waals surface area contributed by atoms with Crippen LogP contribution in [0.25, 0.3) is 6.08 Å². The van der Waals surface area contributed by atoms with Gasteiger partial charge >= 0.3 is 0 Å². The first-order valence-electron chi connectivity index (χ1n) is 9.71. The summed E-state index contributed by atoms with van der Waals surface area (Å²) in [7, 11) is 3.07. The molecule has 0 saturated heterocycles. The van der Waals surface area contributed by atoms with Gasteiger partial charge in [0.15, 0.2) is 17.3 Å². The zero-order valence-electron chi connectivity index (χ0n) is 17.1. The highest BCUT2D eigenvalue weighted by Gasteiger charge is 2.46. The van der Waals surface area contributed by atoms with Crippen LogP contribution in [0, 0.1) is 0 Å². The minimum atomic E-state index is -0.630. The van der Waals surface area contributed by atoms with Gasteiger partial charge in [-0.15, -0.1) is 0 Å². The predicted molar refractivity (Wildman–Crippen MR) is 108 cm³/mol. The molecule has 3 heterocycles. The van der Waals surface area contributed by atoms with Gasteiger partial charge in [0, 0.05) is 17.7 Å². The molecule has 0 bridgehead atoms. The molecule has 0 fully saturated rings. The highest BCUT2D eigenvalue weighted by molar-refractivity contribution is 6.08. The third-order valence-corrected chi connectivity index (χ3v) is 5.71. The quantitative estimate of drug-likeness (QED) is 0.808. The standard InChI is InChI=1S/C23H22O7/c1-23(2)6-5-11-15(30-23)8-13(24)20-21(25)19-12-7-16(26-3)17(27-4)9-14(12)28-10-18(19)29-22(11)20/h5-9,18-19,24H,10H2,1-4H3/t18-,19-/m0/s1. The van der Waals surface area contributed by atoms with Gasteiger partial charge in [-0.05, 0) is 32.1 Å². The van der Waals surface area contributed by atoms with E-state index in [2.05, 4.69) is 0 Å². The zero-order chi connectivity index (χ0) is 21.2. The number of hydrogen-bond acceptors (Lipinski definition) is 7. The molecule has 0 unspecified atom stereocenters. The number of phenols is 1. The molecule has 30 heavy (non-hydrogen) atoms. The highest BCUT2D eigenvalue weighted by Crippen LogP contribution is 2.52. The highest BCUT2D eigenvalue weighted by atomic mass is 16.5. The summed E-state index contributed by atoms with van der Waals surface area (Å²) in [5.41, 5.74) is 0.930. The van der Waals surface area contributed by atoms with E-state index >= 15 is 0 Å². The monoisotopic (exact) mass is 410 g/mol. The number of ketones is 1. The van der Waals surface area contributed by atoms with E-state index in [4.69, 9.17) is 23.7 Å². The molecule has 0 aromatic heterocycles. The van der Waals surface area contributed by atoms with Crippen LogP contribution in [0.2, 0.25) is 0 Å². The van der Waals surface area contributed by atoms with E-state index in [1.807, 2.05) is 26.0 Å². The van der Waals surface area contributed by atoms with Crippen LogP contribution in [-0.2, 0) is 0 Å². The van der Waals surface area contributed by atoms with E-state index in [9.17, 15) is 9.90 Å². The van der Waals surface area contributed by atoms with Crippen molar-refractivity contribution in [1.82, 2.24) is 0 Å². The van der Waals surface area contributed by atoms with E-state index in [0.717, 1.165) is 0 Å². The van der Waals surface area contributed by atoms with Crippen molar-refractivity contribution < 1.29 is 33.6 Å². The number of methoxy groups -OCH3 is 2. The largest absolute Gasteiger partial charge is 0.507 e. The van der Waals surface area contributed by atoms with Crippen LogP contribution < -0.4 is 23.7 Å². The SMILES string of the molecule is COc1cc2c(cc1OC)[C@@H]1C(=O)c3c(O)cc4c(c3O[C@H]1CO2)C=CC(C)(C)O4. The summed E-state index contributed by atoms with van der Waals surface area (Å²) in [4.78, 5) is 13.6.